The molecule has 4 heteroatoms. The minimum atomic E-state index is -3.61. The molecule has 0 heterocycles. The van der Waals surface area contributed by atoms with Gasteiger partial charge in [-0.15, -0.1) is 0 Å². The summed E-state index contributed by atoms with van der Waals surface area (Å²) >= 11 is 0. The van der Waals surface area contributed by atoms with Crippen LogP contribution >= 0.6 is 0 Å². The molecule has 0 N–H and O–H groups in total. The quantitative estimate of drug-likeness (QED) is 0.508. The Morgan fingerprint density at radius 3 is 2.32 bits per heavy atom. The lowest BCUT2D eigenvalue weighted by Crippen LogP contribution is -2.07. The molecule has 1 rings (SSSR count). The summed E-state index contributed by atoms with van der Waals surface area (Å²) in [6.07, 6.45) is 6.96. The van der Waals surface area contributed by atoms with Crippen LogP contribution in [-0.4, -0.2) is 15.0 Å². The van der Waals surface area contributed by atoms with Crippen LogP contribution in [0.1, 0.15) is 44.6 Å². The highest BCUT2D eigenvalue weighted by Gasteiger charge is 2.14. The molecule has 1 aromatic carbocycles. The van der Waals surface area contributed by atoms with Crippen LogP contribution in [0, 0.1) is 0 Å². The molecule has 0 saturated carbocycles. The number of rotatable bonds is 9. The van der Waals surface area contributed by atoms with Crippen LogP contribution in [0.4, 0.5) is 0 Å². The molecule has 19 heavy (non-hydrogen) atoms. The zero-order valence-corrected chi connectivity index (χ0v) is 12.3. The highest BCUT2D eigenvalue weighted by molar-refractivity contribution is 7.86. The van der Waals surface area contributed by atoms with E-state index in [-0.39, 0.29) is 11.5 Å². The van der Waals surface area contributed by atoms with Crippen molar-refractivity contribution >= 4 is 16.2 Å². The second-order valence-electron chi connectivity index (χ2n) is 4.46. The van der Waals surface area contributed by atoms with E-state index in [4.69, 9.17) is 4.18 Å². The van der Waals surface area contributed by atoms with E-state index in [0.717, 1.165) is 24.8 Å². The lowest BCUT2D eigenvalue weighted by atomic mass is 10.2. The molecule has 0 radical (unpaired) electrons. The fourth-order valence-electron chi connectivity index (χ4n) is 1.71. The van der Waals surface area contributed by atoms with Crippen LogP contribution in [0.2, 0.25) is 0 Å². The summed E-state index contributed by atoms with van der Waals surface area (Å²) < 4.78 is 28.8. The van der Waals surface area contributed by atoms with Gasteiger partial charge in [-0.1, -0.05) is 57.4 Å². The topological polar surface area (TPSA) is 43.4 Å². The van der Waals surface area contributed by atoms with Crippen LogP contribution in [0.25, 0.3) is 6.08 Å². The SMILES string of the molecule is C=Cc1ccc(S(=O)(=O)OCCCCCCC)cc1. The third kappa shape index (κ3) is 5.57. The van der Waals surface area contributed by atoms with Crippen LogP contribution in [0.3, 0.4) is 0 Å². The van der Waals surface area contributed by atoms with Crippen molar-refractivity contribution in [2.45, 2.75) is 43.9 Å². The molecule has 0 aliphatic carbocycles. The van der Waals surface area contributed by atoms with E-state index >= 15 is 0 Å². The van der Waals surface area contributed by atoms with Gasteiger partial charge in [-0.3, -0.25) is 4.18 Å². The molecule has 0 aromatic heterocycles. The second kappa shape index (κ2) is 8.12. The lowest BCUT2D eigenvalue weighted by Gasteiger charge is -2.06. The zero-order chi connectivity index (χ0) is 14.1. The van der Waals surface area contributed by atoms with Gasteiger partial charge in [0.15, 0.2) is 0 Å². The van der Waals surface area contributed by atoms with E-state index in [2.05, 4.69) is 13.5 Å². The van der Waals surface area contributed by atoms with Crippen molar-refractivity contribution in [3.8, 4) is 0 Å². The van der Waals surface area contributed by atoms with Gasteiger partial charge in [0.25, 0.3) is 10.1 Å². The molecule has 0 aliphatic rings. The van der Waals surface area contributed by atoms with E-state index < -0.39 is 10.1 Å². The Labute approximate surface area is 116 Å². The van der Waals surface area contributed by atoms with Crippen molar-refractivity contribution in [2.24, 2.45) is 0 Å². The summed E-state index contributed by atoms with van der Waals surface area (Å²) in [6.45, 7) is 6.03. The third-order valence-corrected chi connectivity index (χ3v) is 4.22. The van der Waals surface area contributed by atoms with Crippen LogP contribution in [-0.2, 0) is 14.3 Å². The minimum absolute atomic E-state index is 0.201. The molecular weight excluding hydrogens is 260 g/mol. The molecule has 0 aliphatic heterocycles. The Bertz CT molecular complexity index is 475. The third-order valence-electron chi connectivity index (χ3n) is 2.89. The predicted molar refractivity (Wildman–Crippen MR) is 78.4 cm³/mol. The smallest absolute Gasteiger partial charge is 0.266 e. The summed E-state index contributed by atoms with van der Waals surface area (Å²) in [6, 6.07) is 6.52. The summed E-state index contributed by atoms with van der Waals surface area (Å²) in [5, 5.41) is 0. The summed E-state index contributed by atoms with van der Waals surface area (Å²) in [4.78, 5) is 0.201. The van der Waals surface area contributed by atoms with Crippen LogP contribution < -0.4 is 0 Å². The number of hydrogen-bond donors (Lipinski definition) is 0. The standard InChI is InChI=1S/C15H22O3S/c1-3-5-6-7-8-13-18-19(16,17)15-11-9-14(4-2)10-12-15/h4,9-12H,2-3,5-8,13H2,1H3. The van der Waals surface area contributed by atoms with Gasteiger partial charge >= 0.3 is 0 Å². The molecule has 0 atom stereocenters. The van der Waals surface area contributed by atoms with Gasteiger partial charge in [0.05, 0.1) is 11.5 Å². The maximum atomic E-state index is 11.9. The fraction of sp³-hybridized carbons (Fsp3) is 0.467. The maximum Gasteiger partial charge on any atom is 0.296 e. The van der Waals surface area contributed by atoms with Gasteiger partial charge in [0.1, 0.15) is 0 Å². The van der Waals surface area contributed by atoms with E-state index in [1.54, 1.807) is 30.3 Å². The van der Waals surface area contributed by atoms with Gasteiger partial charge in [-0.2, -0.15) is 8.42 Å². The second-order valence-corrected chi connectivity index (χ2v) is 6.08. The number of benzene rings is 1. The maximum absolute atomic E-state index is 11.9. The molecule has 1 aromatic rings. The predicted octanol–water partition coefficient (Wildman–Crippen LogP) is 4.01. The monoisotopic (exact) mass is 282 g/mol. The highest BCUT2D eigenvalue weighted by Crippen LogP contribution is 2.15. The summed E-state index contributed by atoms with van der Waals surface area (Å²) in [5.41, 5.74) is 0.888. The van der Waals surface area contributed by atoms with Crippen molar-refractivity contribution < 1.29 is 12.6 Å². The number of unbranched alkanes of at least 4 members (excludes halogenated alkanes) is 4. The molecule has 0 amide bonds. The Morgan fingerprint density at radius 2 is 1.74 bits per heavy atom. The molecular formula is C15H22O3S. The Morgan fingerprint density at radius 1 is 1.11 bits per heavy atom. The Balaban J connectivity index is 2.44. The van der Waals surface area contributed by atoms with Crippen LogP contribution in [0.5, 0.6) is 0 Å². The van der Waals surface area contributed by atoms with E-state index in [1.165, 1.54) is 12.8 Å². The fourth-order valence-corrected chi connectivity index (χ4v) is 2.66. The summed E-state index contributed by atoms with van der Waals surface area (Å²) in [5.74, 6) is 0. The molecule has 0 bridgehead atoms. The largest absolute Gasteiger partial charge is 0.296 e. The normalized spacial score (nSPS) is 11.4. The Hall–Kier alpha value is -1.13. The first-order chi connectivity index (χ1) is 9.10. The van der Waals surface area contributed by atoms with Gasteiger partial charge in [-0.25, -0.2) is 0 Å². The zero-order valence-electron chi connectivity index (χ0n) is 11.5. The molecule has 0 spiro atoms. The van der Waals surface area contributed by atoms with Crippen molar-refractivity contribution in [3.05, 3.63) is 36.4 Å². The van der Waals surface area contributed by atoms with Crippen LogP contribution in [0.15, 0.2) is 35.7 Å². The van der Waals surface area contributed by atoms with E-state index in [0.29, 0.717) is 0 Å². The number of hydrogen-bond acceptors (Lipinski definition) is 3. The minimum Gasteiger partial charge on any atom is -0.266 e. The van der Waals surface area contributed by atoms with Gasteiger partial charge in [0.2, 0.25) is 0 Å². The van der Waals surface area contributed by atoms with E-state index in [1.807, 2.05) is 0 Å². The molecule has 0 unspecified atom stereocenters. The first-order valence-electron chi connectivity index (χ1n) is 6.72. The first kappa shape index (κ1) is 15.9. The Kier molecular flexibility index (Phi) is 6.81. The lowest BCUT2D eigenvalue weighted by molar-refractivity contribution is 0.306. The molecule has 3 nitrogen and oxygen atoms in total. The van der Waals surface area contributed by atoms with Crippen molar-refractivity contribution in [1.82, 2.24) is 0 Å². The molecule has 0 fully saturated rings. The first-order valence-corrected chi connectivity index (χ1v) is 8.13. The van der Waals surface area contributed by atoms with Crippen molar-refractivity contribution in [1.29, 1.82) is 0 Å². The van der Waals surface area contributed by atoms with Gasteiger partial charge in [-0.05, 0) is 24.1 Å². The van der Waals surface area contributed by atoms with Gasteiger partial charge < -0.3 is 0 Å². The average Bonchev–Trinajstić information content (AvgIpc) is 2.43. The highest BCUT2D eigenvalue weighted by atomic mass is 32.2. The van der Waals surface area contributed by atoms with Crippen molar-refractivity contribution in [2.75, 3.05) is 6.61 Å². The molecule has 0 saturated heterocycles. The van der Waals surface area contributed by atoms with Crippen molar-refractivity contribution in [3.63, 3.8) is 0 Å². The molecule has 106 valence electrons. The average molecular weight is 282 g/mol. The van der Waals surface area contributed by atoms with Gasteiger partial charge in [0, 0.05) is 0 Å². The van der Waals surface area contributed by atoms with E-state index in [9.17, 15) is 8.42 Å². The summed E-state index contributed by atoms with van der Waals surface area (Å²) in [7, 11) is -3.61.